The minimum Gasteiger partial charge on any atom is -0.350 e. The fraction of sp³-hybridized carbons (Fsp3) is 0.417. The quantitative estimate of drug-likeness (QED) is 0.547. The Morgan fingerprint density at radius 1 is 1.31 bits per heavy atom. The molecule has 0 aromatic carbocycles. The molecule has 8 nitrogen and oxygen atoms in total. The summed E-state index contributed by atoms with van der Waals surface area (Å²) in [6.45, 7) is 2.06. The van der Waals surface area contributed by atoms with Crippen LogP contribution in [0, 0.1) is 18.8 Å². The van der Waals surface area contributed by atoms with Crippen molar-refractivity contribution < 1.29 is 13.9 Å². The van der Waals surface area contributed by atoms with Crippen LogP contribution in [0.5, 0.6) is 0 Å². The summed E-state index contributed by atoms with van der Waals surface area (Å²) in [5.41, 5.74) is 3.27. The molecule has 172 valence electrons. The number of hydrogen-bond acceptors (Lipinski definition) is 4. The van der Waals surface area contributed by atoms with Gasteiger partial charge in [0.2, 0.25) is 11.8 Å². The second-order valence-electron chi connectivity index (χ2n) is 9.04. The number of nitrogens with one attached hydrogen (secondary N) is 3. The zero-order valence-corrected chi connectivity index (χ0v) is 18.1. The highest BCUT2D eigenvalue weighted by atomic mass is 16.2. The zero-order chi connectivity index (χ0) is 22.2. The summed E-state index contributed by atoms with van der Waals surface area (Å²) in [7, 11) is 0. The van der Waals surface area contributed by atoms with Gasteiger partial charge in [0.05, 0.1) is 0 Å². The third kappa shape index (κ3) is 3.92. The van der Waals surface area contributed by atoms with Crippen molar-refractivity contribution in [1.82, 2.24) is 19.9 Å². The zero-order valence-electron chi connectivity index (χ0n) is 18.1. The molecular formula is C24H33N5O3. The molecule has 3 N–H and O–H groups in total. The summed E-state index contributed by atoms with van der Waals surface area (Å²) in [6, 6.07) is 5.82. The second kappa shape index (κ2) is 8.26. The number of amides is 2. The molecule has 0 saturated heterocycles. The number of aryl methyl sites for hydroxylation is 1. The van der Waals surface area contributed by atoms with Gasteiger partial charge >= 0.3 is 0 Å². The molecule has 32 heavy (non-hydrogen) atoms. The van der Waals surface area contributed by atoms with Gasteiger partial charge in [-0.3, -0.25) is 14.4 Å². The molecule has 8 heteroatoms. The number of nitrogens with zero attached hydrogens (tertiary/aromatic N) is 2. The molecule has 1 atom stereocenters. The van der Waals surface area contributed by atoms with Gasteiger partial charge in [-0.2, -0.15) is 0 Å². The topological polar surface area (TPSA) is 109 Å². The summed E-state index contributed by atoms with van der Waals surface area (Å²) in [5, 5.41) is 6.66. The van der Waals surface area contributed by atoms with E-state index in [-0.39, 0.29) is 34.1 Å². The summed E-state index contributed by atoms with van der Waals surface area (Å²) < 4.78 is 1.42. The van der Waals surface area contributed by atoms with Crippen LogP contribution in [0.15, 0.2) is 35.4 Å². The smallest absolute Gasteiger partial charge is 0.275 e. The van der Waals surface area contributed by atoms with Gasteiger partial charge in [0.1, 0.15) is 17.9 Å². The van der Waals surface area contributed by atoms with Crippen LogP contribution in [0.2, 0.25) is 0 Å². The van der Waals surface area contributed by atoms with Crippen LogP contribution in [0.1, 0.15) is 46.8 Å². The Balaban J connectivity index is 0.00000144. The molecule has 0 bridgehead atoms. The number of aromatic nitrogens is 3. The maximum absolute atomic E-state index is 13.1. The highest BCUT2D eigenvalue weighted by Crippen LogP contribution is 2.35. The van der Waals surface area contributed by atoms with Crippen molar-refractivity contribution >= 4 is 28.5 Å². The van der Waals surface area contributed by atoms with Gasteiger partial charge in [0.15, 0.2) is 0 Å². The Morgan fingerprint density at radius 3 is 2.94 bits per heavy atom. The Kier molecular flexibility index (Phi) is 5.28. The van der Waals surface area contributed by atoms with E-state index in [0.717, 1.165) is 34.3 Å². The van der Waals surface area contributed by atoms with Crippen molar-refractivity contribution in [2.24, 2.45) is 11.8 Å². The number of pyridine rings is 2. The Hall–Kier alpha value is -3.42. The first-order chi connectivity index (χ1) is 15.5. The van der Waals surface area contributed by atoms with Gasteiger partial charge < -0.3 is 20.2 Å². The van der Waals surface area contributed by atoms with Crippen molar-refractivity contribution in [3.8, 4) is 0 Å². The molecule has 0 radical (unpaired) electrons. The van der Waals surface area contributed by atoms with E-state index in [4.69, 9.17) is 0 Å². The molecule has 1 aliphatic heterocycles. The third-order valence-corrected chi connectivity index (χ3v) is 6.77. The number of hydrogen-bond donors (Lipinski definition) is 3. The lowest BCUT2D eigenvalue weighted by Gasteiger charge is -2.32. The molecule has 1 saturated carbocycles. The van der Waals surface area contributed by atoms with Crippen LogP contribution in [0.3, 0.4) is 0 Å². The van der Waals surface area contributed by atoms with E-state index in [9.17, 15) is 14.4 Å². The first-order valence-corrected chi connectivity index (χ1v) is 11.2. The number of carbonyl (C=O) groups excluding carboxylic acids is 2. The van der Waals surface area contributed by atoms with Crippen molar-refractivity contribution in [1.29, 1.82) is 0 Å². The number of fused-ring (bicyclic) bond motifs is 2. The molecule has 2 aliphatic rings. The van der Waals surface area contributed by atoms with Gasteiger partial charge in [-0.05, 0) is 55.0 Å². The molecule has 1 aliphatic carbocycles. The maximum atomic E-state index is 13.1. The molecule has 3 aromatic heterocycles. The summed E-state index contributed by atoms with van der Waals surface area (Å²) >= 11 is 0. The fourth-order valence-electron chi connectivity index (χ4n) is 4.71. The van der Waals surface area contributed by atoms with Gasteiger partial charge in [-0.15, -0.1) is 0 Å². The largest absolute Gasteiger partial charge is 0.350 e. The van der Waals surface area contributed by atoms with Crippen LogP contribution in [-0.4, -0.2) is 26.3 Å². The van der Waals surface area contributed by atoms with Crippen LogP contribution < -0.4 is 16.2 Å². The normalized spacial score (nSPS) is 18.2. The van der Waals surface area contributed by atoms with Crippen LogP contribution in [0.4, 0.5) is 5.69 Å². The molecule has 1 fully saturated rings. The lowest BCUT2D eigenvalue weighted by atomic mass is 9.76. The minimum absolute atomic E-state index is 0. The van der Waals surface area contributed by atoms with Gasteiger partial charge in [-0.1, -0.05) is 19.3 Å². The third-order valence-electron chi connectivity index (χ3n) is 6.77. The lowest BCUT2D eigenvalue weighted by molar-refractivity contribution is -0.122. The summed E-state index contributed by atoms with van der Waals surface area (Å²) in [5.74, 6) is 0.214. The van der Waals surface area contributed by atoms with E-state index in [1.54, 1.807) is 6.20 Å². The summed E-state index contributed by atoms with van der Waals surface area (Å²) in [6.07, 6.45) is 8.65. The Bertz CT molecular complexity index is 1270. The lowest BCUT2D eigenvalue weighted by Crippen LogP contribution is -2.39. The highest BCUT2D eigenvalue weighted by molar-refractivity contribution is 5.95. The molecule has 5 rings (SSSR count). The average Bonchev–Trinajstić information content (AvgIpc) is 3.21. The fourth-order valence-corrected chi connectivity index (χ4v) is 4.71. The molecule has 3 aromatic rings. The van der Waals surface area contributed by atoms with Gasteiger partial charge in [0, 0.05) is 40.2 Å². The van der Waals surface area contributed by atoms with E-state index in [1.165, 1.54) is 23.8 Å². The Labute approximate surface area is 189 Å². The first-order valence-electron chi connectivity index (χ1n) is 11.2. The van der Waals surface area contributed by atoms with Crippen LogP contribution >= 0.6 is 0 Å². The van der Waals surface area contributed by atoms with Crippen molar-refractivity contribution in [2.75, 3.05) is 5.32 Å². The average molecular weight is 440 g/mol. The van der Waals surface area contributed by atoms with E-state index < -0.39 is 0 Å². The number of anilines is 1. The van der Waals surface area contributed by atoms with E-state index in [1.807, 2.05) is 31.3 Å². The minimum atomic E-state index is -0.319. The highest BCUT2D eigenvalue weighted by Gasteiger charge is 2.32. The van der Waals surface area contributed by atoms with Gasteiger partial charge in [0.25, 0.3) is 5.56 Å². The van der Waals surface area contributed by atoms with Crippen LogP contribution in [0.25, 0.3) is 11.0 Å². The maximum Gasteiger partial charge on any atom is 0.275 e. The molecular weight excluding hydrogens is 406 g/mol. The van der Waals surface area contributed by atoms with Crippen molar-refractivity contribution in [3.05, 3.63) is 57.8 Å². The molecule has 0 unspecified atom stereocenters. The summed E-state index contributed by atoms with van der Waals surface area (Å²) in [4.78, 5) is 45.6. The first kappa shape index (κ1) is 20.5. The monoisotopic (exact) mass is 439 g/mol. The molecule has 4 heterocycles. The van der Waals surface area contributed by atoms with Crippen molar-refractivity contribution in [3.63, 3.8) is 0 Å². The van der Waals surface area contributed by atoms with Crippen LogP contribution in [-0.2, 0) is 29.1 Å². The number of H-pyrrole nitrogens is 1. The van der Waals surface area contributed by atoms with Gasteiger partial charge in [-0.25, -0.2) is 4.98 Å². The molecule has 0 spiro atoms. The predicted molar refractivity (Wildman–Crippen MR) is 128 cm³/mol. The second-order valence-corrected chi connectivity index (χ2v) is 9.04. The van der Waals surface area contributed by atoms with E-state index in [0.29, 0.717) is 24.6 Å². The van der Waals surface area contributed by atoms with E-state index in [2.05, 4.69) is 20.6 Å². The van der Waals surface area contributed by atoms with E-state index >= 15 is 0 Å². The SMILES string of the molecule is Cc1cc2c(c(=O)n1CC(=O)NCc1cnc3[nH]ccc3c1)NC(=O)[C@H](CC1CCC1)C2.[HH].[HH].[HH]. The number of aromatic amines is 1. The Morgan fingerprint density at radius 2 is 2.16 bits per heavy atom. The number of carbonyl (C=O) groups is 2. The van der Waals surface area contributed by atoms with Crippen molar-refractivity contribution in [2.45, 2.75) is 52.1 Å². The predicted octanol–water partition coefficient (Wildman–Crippen LogP) is 3.39. The number of rotatable bonds is 6. The molecule has 2 amide bonds. The standard InChI is InChI=1S/C24H27N5O3.3H2/c1-14-7-18-10-19(8-15-3-2-4-15)23(31)28-21(18)24(32)29(14)13-20(30)26-11-16-9-17-5-6-25-22(17)27-12-16;;;/h5-7,9,12,15,19H,2-4,8,10-11,13H2,1H3,(H,25,27)(H,26,30)(H,28,31);3*1H/t19-;;;/m1.../s1.